The molecule has 0 aromatic heterocycles. The molecule has 0 bridgehead atoms. The number of rotatable bonds is 2. The van der Waals surface area contributed by atoms with Gasteiger partial charge in [0, 0.05) is 12.0 Å². The minimum Gasteiger partial charge on any atom is -0.390 e. The van der Waals surface area contributed by atoms with Crippen molar-refractivity contribution >= 4 is 0 Å². The lowest BCUT2D eigenvalue weighted by atomic mass is 9.94. The summed E-state index contributed by atoms with van der Waals surface area (Å²) >= 11 is 0. The van der Waals surface area contributed by atoms with E-state index in [4.69, 9.17) is 6.42 Å². The largest absolute Gasteiger partial charge is 0.390 e. The maximum absolute atomic E-state index is 9.71. The highest BCUT2D eigenvalue weighted by Crippen LogP contribution is 2.17. The Bertz CT molecular complexity index is 364. The Morgan fingerprint density at radius 3 is 2.57 bits per heavy atom. The molecule has 0 aliphatic heterocycles. The Morgan fingerprint density at radius 2 is 2.07 bits per heavy atom. The molecule has 0 aliphatic rings. The van der Waals surface area contributed by atoms with Gasteiger partial charge in [0.1, 0.15) is 0 Å². The van der Waals surface area contributed by atoms with Crippen LogP contribution < -0.4 is 0 Å². The van der Waals surface area contributed by atoms with Gasteiger partial charge in [-0.05, 0) is 32.4 Å². The van der Waals surface area contributed by atoms with Crippen molar-refractivity contribution in [3.63, 3.8) is 0 Å². The summed E-state index contributed by atoms with van der Waals surface area (Å²) in [7, 11) is 0. The second-order valence-electron chi connectivity index (χ2n) is 4.29. The summed E-state index contributed by atoms with van der Waals surface area (Å²) in [5.74, 6) is 2.63. The van der Waals surface area contributed by atoms with Crippen LogP contribution >= 0.6 is 0 Å². The fraction of sp³-hybridized carbons (Fsp3) is 0.385. The van der Waals surface area contributed by atoms with E-state index in [0.29, 0.717) is 6.42 Å². The number of hydrogen-bond acceptors (Lipinski definition) is 1. The van der Waals surface area contributed by atoms with Gasteiger partial charge in [-0.25, -0.2) is 0 Å². The van der Waals surface area contributed by atoms with Gasteiger partial charge in [-0.2, -0.15) is 0 Å². The maximum Gasteiger partial charge on any atom is 0.0632 e. The fourth-order valence-electron chi connectivity index (χ4n) is 1.48. The van der Waals surface area contributed by atoms with Crippen molar-refractivity contribution in [1.82, 2.24) is 0 Å². The molecule has 0 unspecified atom stereocenters. The molecule has 0 fully saturated rings. The minimum absolute atomic E-state index is 0.591. The van der Waals surface area contributed by atoms with Gasteiger partial charge in [0.05, 0.1) is 5.60 Å². The van der Waals surface area contributed by atoms with E-state index >= 15 is 0 Å². The Hall–Kier alpha value is -1.26. The number of terminal acetylenes is 1. The second-order valence-corrected chi connectivity index (χ2v) is 4.29. The topological polar surface area (TPSA) is 20.2 Å². The van der Waals surface area contributed by atoms with E-state index in [-0.39, 0.29) is 0 Å². The van der Waals surface area contributed by atoms with Crippen LogP contribution in [0.4, 0.5) is 0 Å². The van der Waals surface area contributed by atoms with E-state index in [0.717, 1.165) is 11.1 Å². The van der Waals surface area contributed by atoms with E-state index in [9.17, 15) is 5.11 Å². The van der Waals surface area contributed by atoms with Crippen LogP contribution in [0.2, 0.25) is 0 Å². The Morgan fingerprint density at radius 1 is 1.43 bits per heavy atom. The van der Waals surface area contributed by atoms with E-state index in [1.807, 2.05) is 25.1 Å². The summed E-state index contributed by atoms with van der Waals surface area (Å²) in [6.45, 7) is 5.60. The van der Waals surface area contributed by atoms with E-state index in [1.165, 1.54) is 5.56 Å². The average Bonchev–Trinajstić information content (AvgIpc) is 2.01. The zero-order chi connectivity index (χ0) is 10.8. The lowest BCUT2D eigenvalue weighted by Crippen LogP contribution is -2.22. The molecule has 1 aromatic rings. The molecule has 74 valence electrons. The first kappa shape index (κ1) is 10.8. The van der Waals surface area contributed by atoms with Crippen LogP contribution in [0.15, 0.2) is 18.2 Å². The summed E-state index contributed by atoms with van der Waals surface area (Å²) in [6.07, 6.45) is 5.98. The van der Waals surface area contributed by atoms with Gasteiger partial charge in [-0.1, -0.05) is 23.6 Å². The van der Waals surface area contributed by atoms with Gasteiger partial charge < -0.3 is 5.11 Å². The molecule has 0 amide bonds. The van der Waals surface area contributed by atoms with E-state index in [1.54, 1.807) is 13.8 Å². The van der Waals surface area contributed by atoms with Crippen LogP contribution in [-0.2, 0) is 6.42 Å². The van der Waals surface area contributed by atoms with Gasteiger partial charge in [-0.3, -0.25) is 0 Å². The molecule has 14 heavy (non-hydrogen) atoms. The highest BCUT2D eigenvalue weighted by Gasteiger charge is 2.15. The predicted molar refractivity (Wildman–Crippen MR) is 59.1 cm³/mol. The van der Waals surface area contributed by atoms with Crippen molar-refractivity contribution in [3.8, 4) is 12.3 Å². The first-order valence-electron chi connectivity index (χ1n) is 4.71. The van der Waals surface area contributed by atoms with Crippen molar-refractivity contribution in [2.45, 2.75) is 32.8 Å². The van der Waals surface area contributed by atoms with Crippen molar-refractivity contribution in [1.29, 1.82) is 0 Å². The van der Waals surface area contributed by atoms with Crippen molar-refractivity contribution in [3.05, 3.63) is 34.9 Å². The van der Waals surface area contributed by atoms with E-state index in [2.05, 4.69) is 5.92 Å². The third kappa shape index (κ3) is 2.90. The zero-order valence-electron chi connectivity index (χ0n) is 8.96. The lowest BCUT2D eigenvalue weighted by Gasteiger charge is -2.18. The first-order chi connectivity index (χ1) is 6.42. The molecular weight excluding hydrogens is 172 g/mol. The van der Waals surface area contributed by atoms with Gasteiger partial charge >= 0.3 is 0 Å². The summed E-state index contributed by atoms with van der Waals surface area (Å²) < 4.78 is 0. The Balaban J connectivity index is 3.07. The molecule has 0 atom stereocenters. The van der Waals surface area contributed by atoms with Crippen molar-refractivity contribution in [2.75, 3.05) is 0 Å². The molecule has 0 aliphatic carbocycles. The maximum atomic E-state index is 9.71. The van der Waals surface area contributed by atoms with E-state index < -0.39 is 5.60 Å². The highest BCUT2D eigenvalue weighted by molar-refractivity contribution is 5.42. The third-order valence-corrected chi connectivity index (χ3v) is 2.04. The molecule has 0 spiro atoms. The monoisotopic (exact) mass is 188 g/mol. The Kier molecular flexibility index (Phi) is 2.98. The first-order valence-corrected chi connectivity index (χ1v) is 4.71. The van der Waals surface area contributed by atoms with Gasteiger partial charge in [-0.15, -0.1) is 6.42 Å². The zero-order valence-corrected chi connectivity index (χ0v) is 8.96. The quantitative estimate of drug-likeness (QED) is 0.706. The molecule has 1 nitrogen and oxygen atoms in total. The van der Waals surface area contributed by atoms with Crippen molar-refractivity contribution in [2.24, 2.45) is 0 Å². The second kappa shape index (κ2) is 3.86. The van der Waals surface area contributed by atoms with Crippen LogP contribution in [-0.4, -0.2) is 10.7 Å². The molecule has 0 radical (unpaired) electrons. The SMILES string of the molecule is C#Cc1ccc(C)cc1CC(C)(C)O. The van der Waals surface area contributed by atoms with Crippen LogP contribution in [0, 0.1) is 19.3 Å². The molecule has 1 heteroatoms. The smallest absolute Gasteiger partial charge is 0.0632 e. The number of hydrogen-bond donors (Lipinski definition) is 1. The summed E-state index contributed by atoms with van der Waals surface area (Å²) in [5.41, 5.74) is 2.38. The number of aliphatic hydroxyl groups is 1. The molecular formula is C13H16O. The Labute approximate surface area is 85.8 Å². The number of aryl methyl sites for hydroxylation is 1. The average molecular weight is 188 g/mol. The summed E-state index contributed by atoms with van der Waals surface area (Å²) in [4.78, 5) is 0. The van der Waals surface area contributed by atoms with Crippen LogP contribution in [0.5, 0.6) is 0 Å². The molecule has 1 N–H and O–H groups in total. The fourth-order valence-corrected chi connectivity index (χ4v) is 1.48. The lowest BCUT2D eigenvalue weighted by molar-refractivity contribution is 0.0809. The predicted octanol–water partition coefficient (Wildman–Crippen LogP) is 2.29. The molecule has 0 saturated heterocycles. The summed E-state index contributed by atoms with van der Waals surface area (Å²) in [6, 6.07) is 5.95. The third-order valence-electron chi connectivity index (χ3n) is 2.04. The molecule has 1 rings (SSSR count). The number of benzene rings is 1. The van der Waals surface area contributed by atoms with Crippen LogP contribution in [0.3, 0.4) is 0 Å². The molecule has 0 heterocycles. The molecule has 1 aromatic carbocycles. The van der Waals surface area contributed by atoms with Gasteiger partial charge in [0.2, 0.25) is 0 Å². The van der Waals surface area contributed by atoms with Crippen molar-refractivity contribution < 1.29 is 5.11 Å². The standard InChI is InChI=1S/C13H16O/c1-5-11-7-6-10(2)8-12(11)9-13(3,4)14/h1,6-8,14H,9H2,2-4H3. The van der Waals surface area contributed by atoms with Gasteiger partial charge in [0.15, 0.2) is 0 Å². The summed E-state index contributed by atoms with van der Waals surface area (Å²) in [5, 5.41) is 9.71. The highest BCUT2D eigenvalue weighted by atomic mass is 16.3. The molecule has 0 saturated carbocycles. The minimum atomic E-state index is -0.709. The van der Waals surface area contributed by atoms with Crippen LogP contribution in [0.25, 0.3) is 0 Å². The van der Waals surface area contributed by atoms with Gasteiger partial charge in [0.25, 0.3) is 0 Å². The normalized spacial score (nSPS) is 11.1. The van der Waals surface area contributed by atoms with Crippen LogP contribution in [0.1, 0.15) is 30.5 Å².